The predicted octanol–water partition coefficient (Wildman–Crippen LogP) is 2.89. The molecule has 1 aromatic carbocycles. The van der Waals surface area contributed by atoms with Gasteiger partial charge in [0, 0.05) is 18.2 Å². The number of rotatable bonds is 6. The molecular weight excluding hydrogens is 318 g/mol. The maximum Gasteiger partial charge on any atom is 0.356 e. The van der Waals surface area contributed by atoms with Crippen LogP contribution in [0.3, 0.4) is 0 Å². The number of hydrogen-bond acceptors (Lipinski definition) is 5. The number of hydrogen-bond donors (Lipinski definition) is 2. The average Bonchev–Trinajstić information content (AvgIpc) is 3.10. The van der Waals surface area contributed by atoms with E-state index in [-0.39, 0.29) is 5.97 Å². The highest BCUT2D eigenvalue weighted by molar-refractivity contribution is 5.88. The van der Waals surface area contributed by atoms with Gasteiger partial charge in [-0.25, -0.2) is 4.79 Å². The molecule has 1 aliphatic rings. The summed E-state index contributed by atoms with van der Waals surface area (Å²) in [6.07, 6.45) is 7.36. The van der Waals surface area contributed by atoms with E-state index in [1.54, 1.807) is 18.3 Å². The van der Waals surface area contributed by atoms with Gasteiger partial charge in [0.15, 0.2) is 0 Å². The third-order valence-electron chi connectivity index (χ3n) is 4.93. The number of aryl methyl sites for hydroxylation is 1. The van der Waals surface area contributed by atoms with Crippen LogP contribution < -0.4 is 0 Å². The Hall–Kier alpha value is -2.34. The molecule has 2 aromatic rings. The smallest absolute Gasteiger partial charge is 0.356 e. The minimum Gasteiger partial charge on any atom is -0.508 e. The molecule has 1 fully saturated rings. The van der Waals surface area contributed by atoms with E-state index < -0.39 is 0 Å². The Morgan fingerprint density at radius 3 is 2.92 bits per heavy atom. The second-order valence-corrected chi connectivity index (χ2v) is 6.59. The molecule has 2 N–H and O–H groups in total. The topological polar surface area (TPSA) is 78.5 Å². The largest absolute Gasteiger partial charge is 0.508 e. The van der Waals surface area contributed by atoms with Crippen molar-refractivity contribution in [2.45, 2.75) is 44.7 Å². The second kappa shape index (κ2) is 8.16. The standard InChI is InChI=1S/C19H25N3O3/c1-25-19(24)18-15(12-20-21-18)13-22-11-3-2-4-16(22)8-5-14-6-9-17(23)10-7-14/h6-7,9-10,12,16,23H,2-5,8,11,13H2,1H3,(H,20,21)/t16-/m1/s1. The van der Waals surface area contributed by atoms with Crippen molar-refractivity contribution in [3.05, 3.63) is 47.3 Å². The summed E-state index contributed by atoms with van der Waals surface area (Å²) in [5.41, 5.74) is 2.58. The van der Waals surface area contributed by atoms with Gasteiger partial charge in [-0.15, -0.1) is 0 Å². The van der Waals surface area contributed by atoms with E-state index in [4.69, 9.17) is 4.74 Å². The molecule has 6 nitrogen and oxygen atoms in total. The van der Waals surface area contributed by atoms with E-state index in [0.717, 1.165) is 24.9 Å². The lowest BCUT2D eigenvalue weighted by Crippen LogP contribution is -2.39. The fourth-order valence-corrected chi connectivity index (χ4v) is 3.52. The Kier molecular flexibility index (Phi) is 5.71. The van der Waals surface area contributed by atoms with Crippen LogP contribution in [0.4, 0.5) is 0 Å². The van der Waals surface area contributed by atoms with Gasteiger partial charge in [-0.2, -0.15) is 5.10 Å². The third kappa shape index (κ3) is 4.39. The van der Waals surface area contributed by atoms with Gasteiger partial charge in [0.05, 0.1) is 13.3 Å². The molecule has 0 aliphatic carbocycles. The number of aromatic nitrogens is 2. The van der Waals surface area contributed by atoms with Crippen molar-refractivity contribution in [2.24, 2.45) is 0 Å². The Morgan fingerprint density at radius 1 is 1.36 bits per heavy atom. The second-order valence-electron chi connectivity index (χ2n) is 6.59. The monoisotopic (exact) mass is 343 g/mol. The average molecular weight is 343 g/mol. The first kappa shape index (κ1) is 17.5. The van der Waals surface area contributed by atoms with Crippen LogP contribution in [0.15, 0.2) is 30.5 Å². The highest BCUT2D eigenvalue weighted by atomic mass is 16.5. The minimum absolute atomic E-state index is 0.304. The van der Waals surface area contributed by atoms with Gasteiger partial charge in [0.2, 0.25) is 0 Å². The molecule has 0 radical (unpaired) electrons. The first-order valence-electron chi connectivity index (χ1n) is 8.80. The van der Waals surface area contributed by atoms with Crippen LogP contribution in [0.5, 0.6) is 5.75 Å². The van der Waals surface area contributed by atoms with Crippen molar-refractivity contribution in [1.82, 2.24) is 15.1 Å². The number of H-pyrrole nitrogens is 1. The number of benzene rings is 1. The van der Waals surface area contributed by atoms with Crippen LogP contribution in [0.1, 0.15) is 47.3 Å². The van der Waals surface area contributed by atoms with Crippen molar-refractivity contribution in [1.29, 1.82) is 0 Å². The molecular formula is C19H25N3O3. The van der Waals surface area contributed by atoms with E-state index >= 15 is 0 Å². The van der Waals surface area contributed by atoms with Gasteiger partial charge in [0.1, 0.15) is 11.4 Å². The molecule has 2 heterocycles. The van der Waals surface area contributed by atoms with Gasteiger partial charge in [-0.3, -0.25) is 10.00 Å². The van der Waals surface area contributed by atoms with Crippen molar-refractivity contribution in [2.75, 3.05) is 13.7 Å². The maximum atomic E-state index is 11.8. The van der Waals surface area contributed by atoms with Crippen LogP contribution in [0.25, 0.3) is 0 Å². The number of ether oxygens (including phenoxy) is 1. The fraction of sp³-hybridized carbons (Fsp3) is 0.474. The number of carbonyl (C=O) groups is 1. The molecule has 1 aromatic heterocycles. The summed E-state index contributed by atoms with van der Waals surface area (Å²) in [6.45, 7) is 1.74. The zero-order valence-corrected chi connectivity index (χ0v) is 14.6. The fourth-order valence-electron chi connectivity index (χ4n) is 3.52. The number of likely N-dealkylation sites (tertiary alicyclic amines) is 1. The summed E-state index contributed by atoms with van der Waals surface area (Å²) in [6, 6.07) is 7.93. The SMILES string of the molecule is COC(=O)c1[nH]ncc1CN1CCCC[C@@H]1CCc1ccc(O)cc1. The summed E-state index contributed by atoms with van der Waals surface area (Å²) in [5, 5.41) is 16.2. The van der Waals surface area contributed by atoms with Gasteiger partial charge in [0.25, 0.3) is 0 Å². The number of phenols is 1. The van der Waals surface area contributed by atoms with Crippen LogP contribution >= 0.6 is 0 Å². The molecule has 25 heavy (non-hydrogen) atoms. The van der Waals surface area contributed by atoms with Crippen LogP contribution in [0.2, 0.25) is 0 Å². The summed E-state index contributed by atoms with van der Waals surface area (Å²) in [5.74, 6) is -0.0662. The molecule has 1 saturated heterocycles. The summed E-state index contributed by atoms with van der Waals surface area (Å²) < 4.78 is 4.82. The zero-order valence-electron chi connectivity index (χ0n) is 14.6. The van der Waals surface area contributed by atoms with E-state index in [1.807, 2.05) is 12.1 Å². The van der Waals surface area contributed by atoms with Crippen LogP contribution in [-0.2, 0) is 17.7 Å². The maximum absolute atomic E-state index is 11.8. The van der Waals surface area contributed by atoms with Gasteiger partial charge >= 0.3 is 5.97 Å². The third-order valence-corrected chi connectivity index (χ3v) is 4.93. The molecule has 1 atom stereocenters. The Morgan fingerprint density at radius 2 is 2.16 bits per heavy atom. The van der Waals surface area contributed by atoms with Gasteiger partial charge in [-0.05, 0) is 49.9 Å². The first-order chi connectivity index (χ1) is 12.2. The van der Waals surface area contributed by atoms with Crippen LogP contribution in [-0.4, -0.2) is 45.9 Å². The number of carbonyl (C=O) groups excluding carboxylic acids is 1. The van der Waals surface area contributed by atoms with Gasteiger partial charge in [-0.1, -0.05) is 18.6 Å². The Labute approximate surface area is 147 Å². The Bertz CT molecular complexity index is 696. The lowest BCUT2D eigenvalue weighted by Gasteiger charge is -2.35. The number of methoxy groups -OCH3 is 1. The molecule has 0 unspecified atom stereocenters. The molecule has 0 amide bonds. The van der Waals surface area contributed by atoms with Crippen molar-refractivity contribution in [3.8, 4) is 5.75 Å². The highest BCUT2D eigenvalue weighted by Crippen LogP contribution is 2.24. The number of esters is 1. The molecule has 6 heteroatoms. The van der Waals surface area contributed by atoms with Crippen molar-refractivity contribution < 1.29 is 14.6 Å². The van der Waals surface area contributed by atoms with Crippen LogP contribution in [0, 0.1) is 0 Å². The number of piperidine rings is 1. The zero-order chi connectivity index (χ0) is 17.6. The summed E-state index contributed by atoms with van der Waals surface area (Å²) in [4.78, 5) is 14.3. The molecule has 134 valence electrons. The van der Waals surface area contributed by atoms with E-state index in [2.05, 4.69) is 15.1 Å². The summed E-state index contributed by atoms with van der Waals surface area (Å²) in [7, 11) is 1.38. The lowest BCUT2D eigenvalue weighted by molar-refractivity contribution is 0.0589. The van der Waals surface area contributed by atoms with Crippen molar-refractivity contribution in [3.63, 3.8) is 0 Å². The number of aromatic hydroxyl groups is 1. The van der Waals surface area contributed by atoms with Gasteiger partial charge < -0.3 is 9.84 Å². The number of aromatic amines is 1. The van der Waals surface area contributed by atoms with E-state index in [9.17, 15) is 9.90 Å². The number of nitrogens with one attached hydrogen (secondary N) is 1. The summed E-state index contributed by atoms with van der Waals surface area (Å²) >= 11 is 0. The highest BCUT2D eigenvalue weighted by Gasteiger charge is 2.25. The normalized spacial score (nSPS) is 18.2. The van der Waals surface area contributed by atoms with E-state index in [1.165, 1.54) is 31.9 Å². The van der Waals surface area contributed by atoms with E-state index in [0.29, 0.717) is 24.0 Å². The molecule has 1 aliphatic heterocycles. The molecule has 0 bridgehead atoms. The number of phenolic OH excluding ortho intramolecular Hbond substituents is 1. The molecule has 3 rings (SSSR count). The minimum atomic E-state index is -0.370. The predicted molar refractivity (Wildman–Crippen MR) is 94.4 cm³/mol. The quantitative estimate of drug-likeness (QED) is 0.789. The first-order valence-corrected chi connectivity index (χ1v) is 8.80. The van der Waals surface area contributed by atoms with Crippen molar-refractivity contribution >= 4 is 5.97 Å². The lowest BCUT2D eigenvalue weighted by atomic mass is 9.95. The Balaban J connectivity index is 1.64. The molecule has 0 spiro atoms. The number of nitrogens with zero attached hydrogens (tertiary/aromatic N) is 2. The molecule has 0 saturated carbocycles.